The van der Waals surface area contributed by atoms with Crippen molar-refractivity contribution in [2.24, 2.45) is 5.73 Å². The fraction of sp³-hybridized carbons (Fsp3) is 0.438. The lowest BCUT2D eigenvalue weighted by Gasteiger charge is -2.31. The lowest BCUT2D eigenvalue weighted by molar-refractivity contribution is -0.131. The molecule has 8 heteroatoms. The molecule has 1 aliphatic rings. The van der Waals surface area contributed by atoms with Gasteiger partial charge in [0.05, 0.1) is 30.5 Å². The molecule has 0 saturated carbocycles. The van der Waals surface area contributed by atoms with Gasteiger partial charge in [-0.25, -0.2) is 0 Å². The molecule has 0 bridgehead atoms. The first-order valence-electron chi connectivity index (χ1n) is 7.81. The normalized spacial score (nSPS) is 20.8. The van der Waals surface area contributed by atoms with Crippen molar-refractivity contribution >= 4 is 22.7 Å². The molecule has 0 radical (unpaired) electrons. The summed E-state index contributed by atoms with van der Waals surface area (Å²) in [6.07, 6.45) is 2.04. The molecule has 1 fully saturated rings. The SMILES string of the molecule is NC(=O)CO[C@H]1CCOC[C@H]1NC(=O)Cn1ncc2ccccc21. The van der Waals surface area contributed by atoms with E-state index >= 15 is 0 Å². The summed E-state index contributed by atoms with van der Waals surface area (Å²) in [4.78, 5) is 23.2. The van der Waals surface area contributed by atoms with Crippen LogP contribution in [0.5, 0.6) is 0 Å². The molecule has 2 aromatic rings. The van der Waals surface area contributed by atoms with Gasteiger partial charge in [-0.2, -0.15) is 5.10 Å². The molecule has 24 heavy (non-hydrogen) atoms. The highest BCUT2D eigenvalue weighted by atomic mass is 16.5. The van der Waals surface area contributed by atoms with Gasteiger partial charge in [0.15, 0.2) is 0 Å². The second-order valence-electron chi connectivity index (χ2n) is 5.71. The molecule has 2 heterocycles. The molecule has 2 atom stereocenters. The molecule has 1 aromatic heterocycles. The van der Waals surface area contributed by atoms with Gasteiger partial charge in [0, 0.05) is 12.0 Å². The number of nitrogens with two attached hydrogens (primary N) is 1. The van der Waals surface area contributed by atoms with E-state index < -0.39 is 5.91 Å². The number of aromatic nitrogens is 2. The molecule has 3 rings (SSSR count). The van der Waals surface area contributed by atoms with Crippen molar-refractivity contribution < 1.29 is 19.1 Å². The Hall–Kier alpha value is -2.45. The number of nitrogens with one attached hydrogen (secondary N) is 1. The van der Waals surface area contributed by atoms with E-state index in [1.807, 2.05) is 24.3 Å². The first kappa shape index (κ1) is 16.4. The molecule has 0 spiro atoms. The number of benzene rings is 1. The number of amides is 2. The van der Waals surface area contributed by atoms with E-state index in [1.54, 1.807) is 10.9 Å². The van der Waals surface area contributed by atoms with Gasteiger partial charge in [-0.05, 0) is 12.5 Å². The predicted molar refractivity (Wildman–Crippen MR) is 86.0 cm³/mol. The summed E-state index contributed by atoms with van der Waals surface area (Å²) in [6.45, 7) is 0.808. The Bertz CT molecular complexity index is 730. The van der Waals surface area contributed by atoms with Crippen LogP contribution in [0.25, 0.3) is 10.9 Å². The molecule has 2 amide bonds. The maximum atomic E-state index is 12.3. The van der Waals surface area contributed by atoms with Crippen molar-refractivity contribution in [2.45, 2.75) is 25.1 Å². The molecule has 1 aliphatic heterocycles. The zero-order valence-electron chi connectivity index (χ0n) is 13.2. The molecule has 128 valence electrons. The van der Waals surface area contributed by atoms with Gasteiger partial charge in [-0.3, -0.25) is 14.3 Å². The van der Waals surface area contributed by atoms with Crippen LogP contribution in [-0.4, -0.2) is 53.6 Å². The van der Waals surface area contributed by atoms with Gasteiger partial charge < -0.3 is 20.5 Å². The van der Waals surface area contributed by atoms with E-state index in [9.17, 15) is 9.59 Å². The van der Waals surface area contributed by atoms with E-state index in [4.69, 9.17) is 15.2 Å². The minimum absolute atomic E-state index is 0.104. The van der Waals surface area contributed by atoms with Crippen LogP contribution >= 0.6 is 0 Å². The van der Waals surface area contributed by atoms with Gasteiger partial charge in [0.25, 0.3) is 0 Å². The second-order valence-corrected chi connectivity index (χ2v) is 5.71. The summed E-state index contributed by atoms with van der Waals surface area (Å²) in [6, 6.07) is 7.38. The van der Waals surface area contributed by atoms with Gasteiger partial charge in [0.1, 0.15) is 13.2 Å². The Morgan fingerprint density at radius 3 is 3.08 bits per heavy atom. The lowest BCUT2D eigenvalue weighted by atomic mass is 10.1. The van der Waals surface area contributed by atoms with Gasteiger partial charge >= 0.3 is 0 Å². The molecule has 1 aromatic carbocycles. The van der Waals surface area contributed by atoms with Crippen LogP contribution < -0.4 is 11.1 Å². The van der Waals surface area contributed by atoms with Crippen LogP contribution in [0, 0.1) is 0 Å². The van der Waals surface area contributed by atoms with Crippen LogP contribution in [0.1, 0.15) is 6.42 Å². The van der Waals surface area contributed by atoms with Crippen LogP contribution in [0.4, 0.5) is 0 Å². The number of ether oxygens (including phenoxy) is 2. The van der Waals surface area contributed by atoms with Crippen molar-refractivity contribution in [1.29, 1.82) is 0 Å². The topological polar surface area (TPSA) is 108 Å². The monoisotopic (exact) mass is 332 g/mol. The van der Waals surface area contributed by atoms with Gasteiger partial charge in [0.2, 0.25) is 11.8 Å². The minimum Gasteiger partial charge on any atom is -0.379 e. The maximum absolute atomic E-state index is 12.3. The third-order valence-electron chi connectivity index (χ3n) is 3.92. The zero-order valence-corrected chi connectivity index (χ0v) is 13.2. The summed E-state index contributed by atoms with van der Waals surface area (Å²) in [7, 11) is 0. The minimum atomic E-state index is -0.533. The fourth-order valence-electron chi connectivity index (χ4n) is 2.78. The van der Waals surface area contributed by atoms with Crippen molar-refractivity contribution in [2.75, 3.05) is 19.8 Å². The average molecular weight is 332 g/mol. The number of hydrogen-bond acceptors (Lipinski definition) is 5. The van der Waals surface area contributed by atoms with Crippen LogP contribution in [0.3, 0.4) is 0 Å². The van der Waals surface area contributed by atoms with E-state index in [0.717, 1.165) is 10.9 Å². The Morgan fingerprint density at radius 2 is 2.25 bits per heavy atom. The van der Waals surface area contributed by atoms with Crippen molar-refractivity contribution in [3.8, 4) is 0 Å². The highest BCUT2D eigenvalue weighted by Gasteiger charge is 2.28. The Morgan fingerprint density at radius 1 is 1.42 bits per heavy atom. The maximum Gasteiger partial charge on any atom is 0.243 e. The predicted octanol–water partition coefficient (Wildman–Crippen LogP) is -0.188. The quantitative estimate of drug-likeness (QED) is 0.762. The summed E-state index contributed by atoms with van der Waals surface area (Å²) in [5, 5.41) is 8.11. The fourth-order valence-corrected chi connectivity index (χ4v) is 2.78. The Labute approximate surface area is 138 Å². The average Bonchev–Trinajstić information content (AvgIpc) is 2.97. The highest BCUT2D eigenvalue weighted by Crippen LogP contribution is 2.14. The van der Waals surface area contributed by atoms with Gasteiger partial charge in [-0.1, -0.05) is 18.2 Å². The molecule has 1 saturated heterocycles. The second kappa shape index (κ2) is 7.41. The Kier molecular flexibility index (Phi) is 5.07. The zero-order chi connectivity index (χ0) is 16.9. The van der Waals surface area contributed by atoms with E-state index in [-0.39, 0.29) is 31.2 Å². The van der Waals surface area contributed by atoms with Crippen LogP contribution in [-0.2, 0) is 25.6 Å². The van der Waals surface area contributed by atoms with Crippen molar-refractivity contribution in [3.63, 3.8) is 0 Å². The number of nitrogens with zero attached hydrogens (tertiary/aromatic N) is 2. The first-order chi connectivity index (χ1) is 11.6. The number of hydrogen-bond donors (Lipinski definition) is 2. The van der Waals surface area contributed by atoms with E-state index in [1.165, 1.54) is 0 Å². The van der Waals surface area contributed by atoms with E-state index in [0.29, 0.717) is 19.6 Å². The van der Waals surface area contributed by atoms with Crippen LogP contribution in [0.15, 0.2) is 30.5 Å². The molecule has 0 unspecified atom stereocenters. The van der Waals surface area contributed by atoms with Crippen molar-refractivity contribution in [3.05, 3.63) is 30.5 Å². The summed E-state index contributed by atoms with van der Waals surface area (Å²) < 4.78 is 12.5. The number of primary amides is 1. The third kappa shape index (κ3) is 3.90. The molecule has 3 N–H and O–H groups in total. The largest absolute Gasteiger partial charge is 0.379 e. The number of rotatable bonds is 6. The summed E-state index contributed by atoms with van der Waals surface area (Å²) in [5.41, 5.74) is 6.00. The third-order valence-corrected chi connectivity index (χ3v) is 3.92. The Balaban J connectivity index is 1.61. The van der Waals surface area contributed by atoms with Crippen LogP contribution in [0.2, 0.25) is 0 Å². The van der Waals surface area contributed by atoms with Gasteiger partial charge in [-0.15, -0.1) is 0 Å². The highest BCUT2D eigenvalue weighted by molar-refractivity contribution is 5.82. The number of para-hydroxylation sites is 1. The number of carbonyl (C=O) groups is 2. The van der Waals surface area contributed by atoms with Crippen molar-refractivity contribution in [1.82, 2.24) is 15.1 Å². The smallest absolute Gasteiger partial charge is 0.243 e. The molecule has 0 aliphatic carbocycles. The molecular formula is C16H20N4O4. The standard InChI is InChI=1S/C16H20N4O4/c17-15(21)10-24-14-5-6-23-9-12(14)19-16(22)8-20-13-4-2-1-3-11(13)7-18-20/h1-4,7,12,14H,5-6,8-10H2,(H2,17,21)(H,19,22)/t12-,14+/m1/s1. The summed E-state index contributed by atoms with van der Waals surface area (Å²) >= 11 is 0. The summed E-state index contributed by atoms with van der Waals surface area (Å²) in [5.74, 6) is -0.721. The lowest BCUT2D eigenvalue weighted by Crippen LogP contribution is -2.51. The molecule has 8 nitrogen and oxygen atoms in total. The first-order valence-corrected chi connectivity index (χ1v) is 7.81. The number of fused-ring (bicyclic) bond motifs is 1. The number of carbonyl (C=O) groups excluding carboxylic acids is 2. The van der Waals surface area contributed by atoms with E-state index in [2.05, 4.69) is 10.4 Å². The molecular weight excluding hydrogens is 312 g/mol.